The lowest BCUT2D eigenvalue weighted by Crippen LogP contribution is -2.30. The number of hydrogen-bond acceptors (Lipinski definition) is 5. The maximum absolute atomic E-state index is 12.5. The Morgan fingerprint density at radius 1 is 1.15 bits per heavy atom. The number of primary amides is 1. The fourth-order valence-electron chi connectivity index (χ4n) is 2.13. The minimum atomic E-state index is -3.83. The van der Waals surface area contributed by atoms with Crippen molar-refractivity contribution in [3.8, 4) is 0 Å². The van der Waals surface area contributed by atoms with Gasteiger partial charge in [-0.15, -0.1) is 0 Å². The van der Waals surface area contributed by atoms with Crippen LogP contribution in [0.1, 0.15) is 28.4 Å². The fraction of sp³-hybridized carbons (Fsp3) is 0.222. The summed E-state index contributed by atoms with van der Waals surface area (Å²) in [6.45, 7) is 3.10. The van der Waals surface area contributed by atoms with Gasteiger partial charge in [-0.2, -0.15) is 0 Å². The van der Waals surface area contributed by atoms with Gasteiger partial charge in [0.05, 0.1) is 10.5 Å². The number of hydrogen-bond donors (Lipinski definition) is 2. The molecule has 1 amide bonds. The maximum Gasteiger partial charge on any atom is 0.339 e. The van der Waals surface area contributed by atoms with Crippen LogP contribution in [0.25, 0.3) is 0 Å². The summed E-state index contributed by atoms with van der Waals surface area (Å²) in [4.78, 5) is 23.2. The lowest BCUT2D eigenvalue weighted by atomic mass is 10.1. The van der Waals surface area contributed by atoms with Crippen molar-refractivity contribution in [3.05, 3.63) is 65.2 Å². The fourth-order valence-corrected chi connectivity index (χ4v) is 3.17. The highest BCUT2D eigenvalue weighted by atomic mass is 32.2. The molecule has 0 aromatic heterocycles. The van der Waals surface area contributed by atoms with Gasteiger partial charge in [0.2, 0.25) is 10.0 Å². The van der Waals surface area contributed by atoms with Crippen LogP contribution in [0.2, 0.25) is 0 Å². The zero-order chi connectivity index (χ0) is 19.3. The normalized spacial score (nSPS) is 12.4. The molecule has 8 heteroatoms. The lowest BCUT2D eigenvalue weighted by Gasteiger charge is -2.13. The molecular formula is C18H20N2O5S. The number of sulfonamides is 1. The SMILES string of the molecule is Cc1ccc(S(=O)(=O)NCc2ccccc2)cc1C(=O)O[C@@H](C)C(N)=O. The second-order valence-electron chi connectivity index (χ2n) is 5.74. The molecule has 138 valence electrons. The van der Waals surface area contributed by atoms with Crippen LogP contribution in [0.3, 0.4) is 0 Å². The predicted molar refractivity (Wildman–Crippen MR) is 95.7 cm³/mol. The molecule has 0 heterocycles. The number of nitrogens with one attached hydrogen (secondary N) is 1. The molecule has 0 fully saturated rings. The van der Waals surface area contributed by atoms with E-state index in [2.05, 4.69) is 4.72 Å². The number of amides is 1. The third kappa shape index (κ3) is 4.90. The first kappa shape index (κ1) is 19.6. The molecule has 0 saturated heterocycles. The van der Waals surface area contributed by atoms with Crippen LogP contribution in [0.4, 0.5) is 0 Å². The number of esters is 1. The van der Waals surface area contributed by atoms with Gasteiger partial charge in [0.15, 0.2) is 6.10 Å². The first-order chi connectivity index (χ1) is 12.2. The van der Waals surface area contributed by atoms with Crippen LogP contribution >= 0.6 is 0 Å². The Morgan fingerprint density at radius 3 is 2.42 bits per heavy atom. The quantitative estimate of drug-likeness (QED) is 0.711. The minimum Gasteiger partial charge on any atom is -0.449 e. The third-order valence-corrected chi connectivity index (χ3v) is 5.13. The van der Waals surface area contributed by atoms with E-state index in [1.165, 1.54) is 25.1 Å². The highest BCUT2D eigenvalue weighted by molar-refractivity contribution is 7.89. The van der Waals surface area contributed by atoms with Gasteiger partial charge in [-0.25, -0.2) is 17.9 Å². The number of aryl methyl sites for hydroxylation is 1. The van der Waals surface area contributed by atoms with E-state index in [1.807, 2.05) is 18.2 Å². The summed E-state index contributed by atoms with van der Waals surface area (Å²) >= 11 is 0. The molecule has 2 aromatic carbocycles. The Balaban J connectivity index is 2.21. The smallest absolute Gasteiger partial charge is 0.339 e. The number of benzene rings is 2. The second-order valence-corrected chi connectivity index (χ2v) is 7.50. The number of carbonyl (C=O) groups excluding carboxylic acids is 2. The average molecular weight is 376 g/mol. The molecule has 2 aromatic rings. The van der Waals surface area contributed by atoms with E-state index >= 15 is 0 Å². The summed E-state index contributed by atoms with van der Waals surface area (Å²) in [7, 11) is -3.83. The number of ether oxygens (including phenoxy) is 1. The Bertz CT molecular complexity index is 910. The van der Waals surface area contributed by atoms with Crippen LogP contribution in [-0.4, -0.2) is 26.4 Å². The number of nitrogens with two attached hydrogens (primary N) is 1. The highest BCUT2D eigenvalue weighted by Crippen LogP contribution is 2.17. The Labute approximate surface area is 152 Å². The van der Waals surface area contributed by atoms with E-state index in [-0.39, 0.29) is 17.0 Å². The van der Waals surface area contributed by atoms with Crippen LogP contribution < -0.4 is 10.5 Å². The first-order valence-electron chi connectivity index (χ1n) is 7.85. The maximum atomic E-state index is 12.5. The molecule has 3 N–H and O–H groups in total. The first-order valence-corrected chi connectivity index (χ1v) is 9.33. The van der Waals surface area contributed by atoms with Gasteiger partial charge in [-0.3, -0.25) is 4.79 Å². The number of carbonyl (C=O) groups is 2. The van der Waals surface area contributed by atoms with Crippen LogP contribution in [0.5, 0.6) is 0 Å². The summed E-state index contributed by atoms with van der Waals surface area (Å²) in [5.41, 5.74) is 6.45. The van der Waals surface area contributed by atoms with Crippen molar-refractivity contribution in [1.82, 2.24) is 4.72 Å². The van der Waals surface area contributed by atoms with Gasteiger partial charge in [0.25, 0.3) is 5.91 Å². The van der Waals surface area contributed by atoms with Crippen molar-refractivity contribution < 1.29 is 22.7 Å². The Hall–Kier alpha value is -2.71. The topological polar surface area (TPSA) is 116 Å². The third-order valence-electron chi connectivity index (χ3n) is 3.73. The molecule has 0 bridgehead atoms. The predicted octanol–water partition coefficient (Wildman–Crippen LogP) is 1.50. The van der Waals surface area contributed by atoms with Crippen molar-refractivity contribution in [2.45, 2.75) is 31.4 Å². The van der Waals surface area contributed by atoms with Crippen molar-refractivity contribution >= 4 is 21.9 Å². The molecule has 0 spiro atoms. The minimum absolute atomic E-state index is 0.0562. The van der Waals surface area contributed by atoms with Crippen LogP contribution in [0.15, 0.2) is 53.4 Å². The molecule has 0 unspecified atom stereocenters. The summed E-state index contributed by atoms with van der Waals surface area (Å²) in [6.07, 6.45) is -1.11. The molecule has 0 aliphatic heterocycles. The van der Waals surface area contributed by atoms with Gasteiger partial charge in [-0.1, -0.05) is 36.4 Å². The molecule has 0 aliphatic rings. The monoisotopic (exact) mass is 376 g/mol. The Kier molecular flexibility index (Phi) is 6.12. The molecule has 26 heavy (non-hydrogen) atoms. The summed E-state index contributed by atoms with van der Waals surface area (Å²) in [5, 5.41) is 0. The lowest BCUT2D eigenvalue weighted by molar-refractivity contribution is -0.125. The Morgan fingerprint density at radius 2 is 1.81 bits per heavy atom. The average Bonchev–Trinajstić information content (AvgIpc) is 2.61. The van der Waals surface area contributed by atoms with E-state index in [4.69, 9.17) is 10.5 Å². The molecule has 0 aliphatic carbocycles. The van der Waals surface area contributed by atoms with E-state index in [0.717, 1.165) is 5.56 Å². The highest BCUT2D eigenvalue weighted by Gasteiger charge is 2.21. The summed E-state index contributed by atoms with van der Waals surface area (Å²) in [6, 6.07) is 13.2. The summed E-state index contributed by atoms with van der Waals surface area (Å²) < 4.78 is 32.4. The van der Waals surface area contributed by atoms with Crippen molar-refractivity contribution in [2.75, 3.05) is 0 Å². The van der Waals surface area contributed by atoms with E-state index in [9.17, 15) is 18.0 Å². The van der Waals surface area contributed by atoms with Crippen molar-refractivity contribution in [3.63, 3.8) is 0 Å². The van der Waals surface area contributed by atoms with E-state index < -0.39 is 28.0 Å². The van der Waals surface area contributed by atoms with E-state index in [1.54, 1.807) is 19.1 Å². The number of rotatable bonds is 7. The largest absolute Gasteiger partial charge is 0.449 e. The van der Waals surface area contributed by atoms with Gasteiger partial charge in [-0.05, 0) is 37.1 Å². The second kappa shape index (κ2) is 8.11. The summed E-state index contributed by atoms with van der Waals surface area (Å²) in [5.74, 6) is -1.60. The van der Waals surface area contributed by atoms with Gasteiger partial charge in [0.1, 0.15) is 0 Å². The molecule has 0 radical (unpaired) electrons. The molecule has 0 saturated carbocycles. The van der Waals surface area contributed by atoms with Crippen LogP contribution in [-0.2, 0) is 26.1 Å². The zero-order valence-corrected chi connectivity index (χ0v) is 15.2. The molecule has 1 atom stereocenters. The van der Waals surface area contributed by atoms with Crippen molar-refractivity contribution in [1.29, 1.82) is 0 Å². The van der Waals surface area contributed by atoms with Crippen LogP contribution in [0, 0.1) is 6.92 Å². The molecular weight excluding hydrogens is 356 g/mol. The van der Waals surface area contributed by atoms with E-state index in [0.29, 0.717) is 5.56 Å². The van der Waals surface area contributed by atoms with Gasteiger partial charge < -0.3 is 10.5 Å². The van der Waals surface area contributed by atoms with Crippen molar-refractivity contribution in [2.24, 2.45) is 5.73 Å². The zero-order valence-electron chi connectivity index (χ0n) is 14.4. The van der Waals surface area contributed by atoms with Gasteiger partial charge in [0, 0.05) is 6.54 Å². The standard InChI is InChI=1S/C18H20N2O5S/c1-12-8-9-15(10-16(12)18(22)25-13(2)17(19)21)26(23,24)20-11-14-6-4-3-5-7-14/h3-10,13,20H,11H2,1-2H3,(H2,19,21)/t13-/m0/s1. The molecule has 2 rings (SSSR count). The van der Waals surface area contributed by atoms with Gasteiger partial charge >= 0.3 is 5.97 Å². The molecule has 7 nitrogen and oxygen atoms in total.